The summed E-state index contributed by atoms with van der Waals surface area (Å²) in [5, 5.41) is 14.0. The maximum Gasteiger partial charge on any atom is 0.271 e. The molecule has 0 unspecified atom stereocenters. The van der Waals surface area contributed by atoms with E-state index in [1.165, 1.54) is 19.2 Å². The van der Waals surface area contributed by atoms with Crippen LogP contribution in [0.25, 0.3) is 0 Å². The number of nitro benzene ring substituents is 1. The molecule has 0 fully saturated rings. The Bertz CT molecular complexity index is 1070. The lowest BCUT2D eigenvalue weighted by Crippen LogP contribution is -2.47. The number of carbonyl (C=O) groups excluding carboxylic acids is 1. The molecule has 0 aromatic heterocycles. The van der Waals surface area contributed by atoms with Gasteiger partial charge in [0.15, 0.2) is 0 Å². The summed E-state index contributed by atoms with van der Waals surface area (Å²) in [6.07, 6.45) is 1.08. The zero-order valence-corrected chi connectivity index (χ0v) is 18.3. The van der Waals surface area contributed by atoms with Gasteiger partial charge in [0, 0.05) is 17.8 Å². The molecule has 2 rings (SSSR count). The normalized spacial score (nSPS) is 12.2. The zero-order chi connectivity index (χ0) is 22.6. The van der Waals surface area contributed by atoms with E-state index in [4.69, 9.17) is 4.74 Å². The molecule has 2 aromatic carbocycles. The Morgan fingerprint density at radius 3 is 2.47 bits per heavy atom. The molecule has 9 nitrogen and oxygen atoms in total. The highest BCUT2D eigenvalue weighted by molar-refractivity contribution is 7.92. The topological polar surface area (TPSA) is 119 Å². The minimum Gasteiger partial charge on any atom is -0.495 e. The fraction of sp³-hybridized carbons (Fsp3) is 0.350. The Balaban J connectivity index is 2.57. The Labute approximate surface area is 175 Å². The number of benzene rings is 2. The second-order valence-electron chi connectivity index (χ2n) is 6.83. The number of nitrogens with one attached hydrogen (secondary N) is 1. The van der Waals surface area contributed by atoms with Crippen molar-refractivity contribution >= 4 is 33.0 Å². The number of hydrogen-bond acceptors (Lipinski definition) is 6. The van der Waals surface area contributed by atoms with Gasteiger partial charge >= 0.3 is 0 Å². The number of nitro groups is 1. The van der Waals surface area contributed by atoms with Crippen LogP contribution in [0, 0.1) is 24.0 Å². The molecule has 0 saturated carbocycles. The Hall–Kier alpha value is -3.14. The van der Waals surface area contributed by atoms with Gasteiger partial charge < -0.3 is 10.1 Å². The second-order valence-corrected chi connectivity index (χ2v) is 8.69. The molecular weight excluding hydrogens is 410 g/mol. The lowest BCUT2D eigenvalue weighted by molar-refractivity contribution is -0.384. The van der Waals surface area contributed by atoms with E-state index in [0.717, 1.165) is 27.8 Å². The number of non-ortho nitro benzene ring substituents is 1. The van der Waals surface area contributed by atoms with Crippen LogP contribution in [-0.4, -0.2) is 38.7 Å². The largest absolute Gasteiger partial charge is 0.495 e. The van der Waals surface area contributed by atoms with Gasteiger partial charge in [-0.05, 0) is 43.5 Å². The fourth-order valence-corrected chi connectivity index (χ4v) is 4.31. The lowest BCUT2D eigenvalue weighted by Gasteiger charge is -2.31. The van der Waals surface area contributed by atoms with Crippen molar-refractivity contribution < 1.29 is 22.9 Å². The SMILES string of the molecule is CC[C@@H](C(=O)Nc1cccc(C)c1C)N(c1cc([N+](=O)[O-])ccc1OC)S(C)(=O)=O. The third kappa shape index (κ3) is 4.88. The van der Waals surface area contributed by atoms with Crippen molar-refractivity contribution in [1.82, 2.24) is 0 Å². The summed E-state index contributed by atoms with van der Waals surface area (Å²) < 4.78 is 31.5. The van der Waals surface area contributed by atoms with Crippen molar-refractivity contribution in [2.45, 2.75) is 33.2 Å². The number of anilines is 2. The number of amides is 1. The van der Waals surface area contributed by atoms with Crippen LogP contribution in [0.2, 0.25) is 0 Å². The molecule has 0 bridgehead atoms. The fourth-order valence-electron chi connectivity index (χ4n) is 3.10. The quantitative estimate of drug-likeness (QED) is 0.501. The Kier molecular flexibility index (Phi) is 7.04. The standard InChI is InChI=1S/C20H25N3O6S/c1-6-17(20(24)21-16-9-7-8-13(2)14(16)3)22(30(5,27)28)18-12-15(23(25)26)10-11-19(18)29-4/h7-12,17H,6H2,1-5H3,(H,21,24)/t17-/m0/s1. The van der Waals surface area contributed by atoms with E-state index in [1.807, 2.05) is 19.9 Å². The van der Waals surface area contributed by atoms with Gasteiger partial charge in [-0.2, -0.15) is 0 Å². The summed E-state index contributed by atoms with van der Waals surface area (Å²) in [4.78, 5) is 23.7. The molecule has 0 saturated heterocycles. The van der Waals surface area contributed by atoms with E-state index in [1.54, 1.807) is 19.1 Å². The molecule has 1 N–H and O–H groups in total. The summed E-state index contributed by atoms with van der Waals surface area (Å²) in [7, 11) is -2.67. The smallest absolute Gasteiger partial charge is 0.271 e. The maximum atomic E-state index is 13.1. The number of aryl methyl sites for hydroxylation is 1. The molecule has 0 aliphatic heterocycles. The van der Waals surface area contributed by atoms with Crippen LogP contribution in [0.5, 0.6) is 5.75 Å². The van der Waals surface area contributed by atoms with E-state index in [-0.39, 0.29) is 23.5 Å². The summed E-state index contributed by atoms with van der Waals surface area (Å²) in [6, 6.07) is 7.88. The third-order valence-corrected chi connectivity index (χ3v) is 5.97. The first kappa shape index (κ1) is 23.1. The third-order valence-electron chi connectivity index (χ3n) is 4.80. The van der Waals surface area contributed by atoms with Crippen LogP contribution in [0.4, 0.5) is 17.1 Å². The van der Waals surface area contributed by atoms with Crippen molar-refractivity contribution in [1.29, 1.82) is 0 Å². The first-order valence-corrected chi connectivity index (χ1v) is 11.0. The summed E-state index contributed by atoms with van der Waals surface area (Å²) in [5.41, 5.74) is 2.01. The van der Waals surface area contributed by atoms with E-state index in [2.05, 4.69) is 5.32 Å². The van der Waals surface area contributed by atoms with Crippen LogP contribution in [-0.2, 0) is 14.8 Å². The van der Waals surface area contributed by atoms with Gasteiger partial charge in [0.2, 0.25) is 15.9 Å². The summed E-state index contributed by atoms with van der Waals surface area (Å²) in [5.74, 6) is -0.450. The minimum absolute atomic E-state index is 0.0721. The van der Waals surface area contributed by atoms with Crippen molar-refractivity contribution in [2.75, 3.05) is 23.0 Å². The van der Waals surface area contributed by atoms with E-state index < -0.39 is 26.9 Å². The molecule has 0 radical (unpaired) electrons. The lowest BCUT2D eigenvalue weighted by atomic mass is 10.1. The van der Waals surface area contributed by atoms with Crippen molar-refractivity contribution in [3.63, 3.8) is 0 Å². The van der Waals surface area contributed by atoms with Gasteiger partial charge in [0.05, 0.1) is 18.3 Å². The molecular formula is C20H25N3O6S. The maximum absolute atomic E-state index is 13.1. The molecule has 1 atom stereocenters. The molecule has 0 spiro atoms. The highest BCUT2D eigenvalue weighted by atomic mass is 32.2. The first-order valence-electron chi connectivity index (χ1n) is 9.20. The van der Waals surface area contributed by atoms with Gasteiger partial charge in [-0.1, -0.05) is 19.1 Å². The minimum atomic E-state index is -3.99. The summed E-state index contributed by atoms with van der Waals surface area (Å²) in [6.45, 7) is 5.41. The van der Waals surface area contributed by atoms with E-state index in [0.29, 0.717) is 5.69 Å². The molecule has 30 heavy (non-hydrogen) atoms. The van der Waals surface area contributed by atoms with E-state index in [9.17, 15) is 23.3 Å². The number of sulfonamides is 1. The van der Waals surface area contributed by atoms with Crippen molar-refractivity contribution in [2.24, 2.45) is 0 Å². The number of carbonyl (C=O) groups is 1. The van der Waals surface area contributed by atoms with Crippen LogP contribution < -0.4 is 14.4 Å². The molecule has 0 heterocycles. The molecule has 1 amide bonds. The Morgan fingerprint density at radius 1 is 1.27 bits per heavy atom. The molecule has 0 aliphatic carbocycles. The van der Waals surface area contributed by atoms with Gasteiger partial charge in [0.25, 0.3) is 5.69 Å². The van der Waals surface area contributed by atoms with Crippen LogP contribution in [0.15, 0.2) is 36.4 Å². The second kappa shape index (κ2) is 9.12. The van der Waals surface area contributed by atoms with E-state index >= 15 is 0 Å². The molecule has 0 aliphatic rings. The highest BCUT2D eigenvalue weighted by Gasteiger charge is 2.34. The molecule has 162 valence electrons. The van der Waals surface area contributed by atoms with Crippen molar-refractivity contribution in [3.05, 3.63) is 57.6 Å². The van der Waals surface area contributed by atoms with Gasteiger partial charge in [-0.15, -0.1) is 0 Å². The predicted molar refractivity (Wildman–Crippen MR) is 116 cm³/mol. The monoisotopic (exact) mass is 435 g/mol. The average Bonchev–Trinajstić information content (AvgIpc) is 2.67. The summed E-state index contributed by atoms with van der Waals surface area (Å²) >= 11 is 0. The first-order chi connectivity index (χ1) is 14.0. The molecule has 10 heteroatoms. The Morgan fingerprint density at radius 2 is 1.93 bits per heavy atom. The number of nitrogens with zero attached hydrogens (tertiary/aromatic N) is 2. The zero-order valence-electron chi connectivity index (χ0n) is 17.5. The number of rotatable bonds is 8. The van der Waals surface area contributed by atoms with Crippen molar-refractivity contribution in [3.8, 4) is 5.75 Å². The van der Waals surface area contributed by atoms with Gasteiger partial charge in [-0.3, -0.25) is 19.2 Å². The van der Waals surface area contributed by atoms with Crippen LogP contribution >= 0.6 is 0 Å². The molecule has 2 aromatic rings. The average molecular weight is 436 g/mol. The van der Waals surface area contributed by atoms with Gasteiger partial charge in [-0.25, -0.2) is 8.42 Å². The van der Waals surface area contributed by atoms with Crippen LogP contribution in [0.3, 0.4) is 0 Å². The van der Waals surface area contributed by atoms with Crippen LogP contribution in [0.1, 0.15) is 24.5 Å². The van der Waals surface area contributed by atoms with Gasteiger partial charge in [0.1, 0.15) is 17.5 Å². The predicted octanol–water partition coefficient (Wildman–Crippen LogP) is 3.40. The highest BCUT2D eigenvalue weighted by Crippen LogP contribution is 2.36. The number of ether oxygens (including phenoxy) is 1. The number of hydrogen-bond donors (Lipinski definition) is 1. The number of methoxy groups -OCH3 is 1.